The highest BCUT2D eigenvalue weighted by Gasteiger charge is 2.24. The number of anilines is 2. The first-order valence-electron chi connectivity index (χ1n) is 9.04. The number of nitrogens with zero attached hydrogens (tertiary/aromatic N) is 2. The Morgan fingerprint density at radius 3 is 2.79 bits per heavy atom. The summed E-state index contributed by atoms with van der Waals surface area (Å²) in [6.45, 7) is 2.70. The van der Waals surface area contributed by atoms with Gasteiger partial charge in [0, 0.05) is 19.6 Å². The van der Waals surface area contributed by atoms with Gasteiger partial charge in [-0.25, -0.2) is 0 Å². The summed E-state index contributed by atoms with van der Waals surface area (Å²) in [4.78, 5) is 23.9. The fraction of sp³-hybridized carbons (Fsp3) is 0.412. The van der Waals surface area contributed by atoms with Crippen molar-refractivity contribution in [2.45, 2.75) is 36.6 Å². The van der Waals surface area contributed by atoms with E-state index in [0.717, 1.165) is 24.2 Å². The lowest BCUT2D eigenvalue weighted by Gasteiger charge is -2.13. The Kier molecular flexibility index (Phi) is 6.77. The molecule has 156 valence electrons. The number of nitrogens with one attached hydrogen (secondary N) is 3. The first-order valence-corrected chi connectivity index (χ1v) is 11.3. The number of hydrogen-bond acceptors (Lipinski definition) is 8. The van der Waals surface area contributed by atoms with Crippen LogP contribution < -0.4 is 15.4 Å². The minimum atomic E-state index is -4.08. The lowest BCUT2D eigenvalue weighted by molar-refractivity contribution is -0.115. The van der Waals surface area contributed by atoms with Crippen molar-refractivity contribution < 1.29 is 22.7 Å². The Morgan fingerprint density at radius 2 is 2.07 bits per heavy atom. The van der Waals surface area contributed by atoms with E-state index in [4.69, 9.17) is 4.74 Å². The van der Waals surface area contributed by atoms with Crippen LogP contribution in [0.3, 0.4) is 0 Å². The van der Waals surface area contributed by atoms with E-state index in [-0.39, 0.29) is 39.2 Å². The summed E-state index contributed by atoms with van der Waals surface area (Å²) in [5, 5.41) is 12.6. The van der Waals surface area contributed by atoms with Gasteiger partial charge in [-0.2, -0.15) is 8.42 Å². The molecular weight excluding hydrogens is 418 g/mol. The van der Waals surface area contributed by atoms with Gasteiger partial charge in [-0.05, 0) is 25.0 Å². The third-order valence-electron chi connectivity index (χ3n) is 4.13. The first-order chi connectivity index (χ1) is 13.9. The number of hydrogen-bond donors (Lipinski definition) is 3. The van der Waals surface area contributed by atoms with Crippen LogP contribution in [-0.4, -0.2) is 49.7 Å². The maximum absolute atomic E-state index is 12.6. The van der Waals surface area contributed by atoms with Crippen LogP contribution in [0.2, 0.25) is 0 Å². The van der Waals surface area contributed by atoms with Crippen LogP contribution >= 0.6 is 11.3 Å². The van der Waals surface area contributed by atoms with Gasteiger partial charge in [0.1, 0.15) is 0 Å². The summed E-state index contributed by atoms with van der Waals surface area (Å²) in [6.07, 6.45) is 2.04. The number of amides is 2. The summed E-state index contributed by atoms with van der Waals surface area (Å²) >= 11 is 0.722. The van der Waals surface area contributed by atoms with Crippen LogP contribution in [0.25, 0.3) is 0 Å². The van der Waals surface area contributed by atoms with Gasteiger partial charge in [-0.15, -0.1) is 10.2 Å². The van der Waals surface area contributed by atoms with Crippen LogP contribution in [0.5, 0.6) is 0 Å². The second-order valence-corrected chi connectivity index (χ2v) is 9.10. The fourth-order valence-electron chi connectivity index (χ4n) is 2.64. The average molecular weight is 440 g/mol. The number of rotatable bonds is 8. The van der Waals surface area contributed by atoms with Crippen molar-refractivity contribution in [1.82, 2.24) is 15.5 Å². The quantitative estimate of drug-likeness (QED) is 0.531. The lowest BCUT2D eigenvalue weighted by atomic mass is 10.1. The molecule has 1 aromatic carbocycles. The second kappa shape index (κ2) is 9.29. The topological polar surface area (TPSA) is 139 Å². The van der Waals surface area contributed by atoms with Crippen molar-refractivity contribution in [3.8, 4) is 0 Å². The molecule has 2 heterocycles. The molecule has 1 aliphatic heterocycles. The zero-order valence-corrected chi connectivity index (χ0v) is 17.3. The molecule has 3 rings (SSSR count). The van der Waals surface area contributed by atoms with E-state index in [2.05, 4.69) is 25.6 Å². The molecule has 1 atom stereocenters. The summed E-state index contributed by atoms with van der Waals surface area (Å²) < 4.78 is 32.8. The van der Waals surface area contributed by atoms with E-state index in [1.54, 1.807) is 19.1 Å². The third kappa shape index (κ3) is 5.49. The maximum Gasteiger partial charge on any atom is 0.291 e. The predicted molar refractivity (Wildman–Crippen MR) is 107 cm³/mol. The van der Waals surface area contributed by atoms with Crippen molar-refractivity contribution in [2.24, 2.45) is 0 Å². The zero-order valence-electron chi connectivity index (χ0n) is 15.7. The van der Waals surface area contributed by atoms with Crippen molar-refractivity contribution in [3.05, 3.63) is 29.8 Å². The highest BCUT2D eigenvalue weighted by atomic mass is 32.2. The molecular formula is C17H21N5O5S2. The van der Waals surface area contributed by atoms with E-state index in [1.807, 2.05) is 0 Å². The van der Waals surface area contributed by atoms with E-state index in [9.17, 15) is 18.0 Å². The molecule has 0 radical (unpaired) electrons. The average Bonchev–Trinajstić information content (AvgIpc) is 3.38. The Morgan fingerprint density at radius 1 is 1.28 bits per heavy atom. The molecule has 2 amide bonds. The summed E-state index contributed by atoms with van der Waals surface area (Å²) in [5.74, 6) is -0.710. The number of carbonyl (C=O) groups excluding carboxylic acids is 2. The van der Waals surface area contributed by atoms with Crippen molar-refractivity contribution in [1.29, 1.82) is 0 Å². The van der Waals surface area contributed by atoms with Crippen LogP contribution in [0.1, 0.15) is 36.5 Å². The van der Waals surface area contributed by atoms with Crippen LogP contribution in [0.4, 0.5) is 10.8 Å². The molecule has 0 aliphatic carbocycles. The largest absolute Gasteiger partial charge is 0.376 e. The Bertz CT molecular complexity index is 986. The summed E-state index contributed by atoms with van der Waals surface area (Å²) in [7, 11) is -4.08. The van der Waals surface area contributed by atoms with Crippen LogP contribution in [-0.2, 0) is 19.6 Å². The maximum atomic E-state index is 12.6. The molecule has 1 aliphatic rings. The minimum absolute atomic E-state index is 0.0269. The minimum Gasteiger partial charge on any atom is -0.376 e. The van der Waals surface area contributed by atoms with Gasteiger partial charge in [0.05, 0.1) is 17.4 Å². The predicted octanol–water partition coefficient (Wildman–Crippen LogP) is 1.60. The van der Waals surface area contributed by atoms with Gasteiger partial charge in [0.2, 0.25) is 11.0 Å². The van der Waals surface area contributed by atoms with Gasteiger partial charge in [-0.1, -0.05) is 30.4 Å². The Labute approximate surface area is 172 Å². The van der Waals surface area contributed by atoms with Crippen LogP contribution in [0.15, 0.2) is 28.6 Å². The summed E-state index contributed by atoms with van der Waals surface area (Å²) in [6, 6.07) is 6.26. The molecule has 29 heavy (non-hydrogen) atoms. The van der Waals surface area contributed by atoms with E-state index < -0.39 is 15.9 Å². The van der Waals surface area contributed by atoms with Gasteiger partial charge >= 0.3 is 0 Å². The monoisotopic (exact) mass is 439 g/mol. The molecule has 12 heteroatoms. The molecule has 1 saturated heterocycles. The lowest BCUT2D eigenvalue weighted by Crippen LogP contribution is -2.32. The Hall–Kier alpha value is -2.57. The fourth-order valence-corrected chi connectivity index (χ4v) is 4.64. The Balaban J connectivity index is 1.72. The smallest absolute Gasteiger partial charge is 0.291 e. The highest BCUT2D eigenvalue weighted by molar-refractivity contribution is 7.94. The number of benzene rings is 1. The van der Waals surface area contributed by atoms with Gasteiger partial charge < -0.3 is 15.4 Å². The van der Waals surface area contributed by atoms with Gasteiger partial charge in [-0.3, -0.25) is 14.3 Å². The summed E-state index contributed by atoms with van der Waals surface area (Å²) in [5.41, 5.74) is 0.296. The van der Waals surface area contributed by atoms with Crippen molar-refractivity contribution in [3.63, 3.8) is 0 Å². The number of para-hydroxylation sites is 1. The number of carbonyl (C=O) groups is 2. The highest BCUT2D eigenvalue weighted by Crippen LogP contribution is 2.24. The van der Waals surface area contributed by atoms with Gasteiger partial charge in [0.25, 0.3) is 20.3 Å². The van der Waals surface area contributed by atoms with E-state index >= 15 is 0 Å². The molecule has 0 bridgehead atoms. The number of sulfonamides is 1. The molecule has 1 aromatic heterocycles. The van der Waals surface area contributed by atoms with Crippen LogP contribution in [0, 0.1) is 0 Å². The van der Waals surface area contributed by atoms with E-state index in [0.29, 0.717) is 13.2 Å². The number of aromatic nitrogens is 2. The first kappa shape index (κ1) is 21.1. The van der Waals surface area contributed by atoms with Gasteiger partial charge in [0.15, 0.2) is 0 Å². The molecule has 3 N–H and O–H groups in total. The van der Waals surface area contributed by atoms with Crippen molar-refractivity contribution in [2.75, 3.05) is 23.2 Å². The molecule has 0 spiro atoms. The molecule has 0 unspecified atom stereocenters. The van der Waals surface area contributed by atoms with E-state index in [1.165, 1.54) is 12.1 Å². The third-order valence-corrected chi connectivity index (χ3v) is 6.71. The molecule has 2 aromatic rings. The normalized spacial score (nSPS) is 16.4. The zero-order chi connectivity index (χ0) is 20.9. The molecule has 1 fully saturated rings. The standard InChI is InChI=1S/C17H21N5O5S2/c1-2-14(23)19-16-20-21-17(28-16)29(25,26)22-13-8-4-3-7-12(13)15(24)18-10-11-6-5-9-27-11/h3-4,7-8,11,22H,2,5-6,9-10H2,1H3,(H,18,24)(H,19,20,23)/t11-/m1/s1. The van der Waals surface area contributed by atoms with Crippen molar-refractivity contribution >= 4 is 44.0 Å². The second-order valence-electron chi connectivity index (χ2n) is 6.27. The SMILES string of the molecule is CCC(=O)Nc1nnc(S(=O)(=O)Nc2ccccc2C(=O)NC[C@H]2CCCO2)s1. The number of ether oxygens (including phenoxy) is 1. The molecule has 10 nitrogen and oxygen atoms in total. The molecule has 0 saturated carbocycles.